The highest BCUT2D eigenvalue weighted by atomic mass is 32.2. The summed E-state index contributed by atoms with van der Waals surface area (Å²) < 4.78 is 0. The summed E-state index contributed by atoms with van der Waals surface area (Å²) >= 11 is 1.49. The van der Waals surface area contributed by atoms with Crippen molar-refractivity contribution in [3.63, 3.8) is 0 Å². The first-order valence-electron chi connectivity index (χ1n) is 7.61. The summed E-state index contributed by atoms with van der Waals surface area (Å²) in [6.45, 7) is 1.83. The molecule has 5 nitrogen and oxygen atoms in total. The Morgan fingerprint density at radius 3 is 2.35 bits per heavy atom. The van der Waals surface area contributed by atoms with Crippen LogP contribution in [0.25, 0.3) is 0 Å². The lowest BCUT2D eigenvalue weighted by atomic mass is 10.1. The average Bonchev–Trinajstić information content (AvgIpc) is 2.52. The number of hydrogen-bond donors (Lipinski definition) is 1. The van der Waals surface area contributed by atoms with Crippen molar-refractivity contribution >= 4 is 29.5 Å². The number of carboxylic acids is 1. The Hall–Kier alpha value is -1.82. The Balaban J connectivity index is 2.99. The van der Waals surface area contributed by atoms with Gasteiger partial charge in [0, 0.05) is 6.42 Å². The van der Waals surface area contributed by atoms with E-state index in [1.807, 2.05) is 31.4 Å². The van der Waals surface area contributed by atoms with Crippen LogP contribution in [0.1, 0.15) is 31.7 Å². The normalized spacial score (nSPS) is 11.7. The maximum atomic E-state index is 12.6. The van der Waals surface area contributed by atoms with Gasteiger partial charge >= 0.3 is 5.97 Å². The molecule has 2 amide bonds. The van der Waals surface area contributed by atoms with Crippen LogP contribution in [-0.2, 0) is 20.8 Å². The van der Waals surface area contributed by atoms with Gasteiger partial charge in [-0.1, -0.05) is 37.3 Å². The van der Waals surface area contributed by atoms with Gasteiger partial charge in [-0.15, -0.1) is 0 Å². The molecule has 126 valence electrons. The first-order chi connectivity index (χ1) is 11.0. The minimum atomic E-state index is -1.13. The molecule has 6 heteroatoms. The molecule has 0 aromatic heterocycles. The number of rotatable bonds is 9. The minimum absolute atomic E-state index is 0.0271. The molecule has 0 spiro atoms. The number of nitrogens with zero attached hydrogens (tertiary/aromatic N) is 1. The van der Waals surface area contributed by atoms with Crippen LogP contribution in [0.15, 0.2) is 30.3 Å². The van der Waals surface area contributed by atoms with E-state index in [0.29, 0.717) is 12.2 Å². The molecule has 0 saturated heterocycles. The van der Waals surface area contributed by atoms with Gasteiger partial charge in [0.1, 0.15) is 6.04 Å². The van der Waals surface area contributed by atoms with E-state index in [4.69, 9.17) is 0 Å². The van der Waals surface area contributed by atoms with Gasteiger partial charge in [0.25, 0.3) is 0 Å². The molecule has 1 N–H and O–H groups in total. The quantitative estimate of drug-likeness (QED) is 0.750. The molecular weight excluding hydrogens is 314 g/mol. The average molecular weight is 337 g/mol. The molecule has 1 aromatic rings. The van der Waals surface area contributed by atoms with Gasteiger partial charge in [0.15, 0.2) is 0 Å². The number of thioether (sulfide) groups is 1. The Bertz CT molecular complexity index is 533. The van der Waals surface area contributed by atoms with E-state index in [-0.39, 0.29) is 19.3 Å². The van der Waals surface area contributed by atoms with Gasteiger partial charge in [-0.2, -0.15) is 11.8 Å². The standard InChI is InChI=1S/C17H23NO4S/c1-3-7-15(19)18(14(17(21)22)10-11-23-2)16(20)12-13-8-5-4-6-9-13/h4-6,8-9,14H,3,7,10-12H2,1-2H3,(H,21,22)/t14-/m0/s1. The summed E-state index contributed by atoms with van der Waals surface area (Å²) in [7, 11) is 0. The van der Waals surface area contributed by atoms with Crippen molar-refractivity contribution in [1.29, 1.82) is 0 Å². The number of carbonyl (C=O) groups excluding carboxylic acids is 2. The van der Waals surface area contributed by atoms with Crippen molar-refractivity contribution in [2.45, 2.75) is 38.6 Å². The number of carbonyl (C=O) groups is 3. The second kappa shape index (κ2) is 10.0. The number of benzene rings is 1. The molecule has 1 aromatic carbocycles. The van der Waals surface area contributed by atoms with Crippen molar-refractivity contribution in [2.75, 3.05) is 12.0 Å². The molecule has 0 bridgehead atoms. The summed E-state index contributed by atoms with van der Waals surface area (Å²) in [5, 5.41) is 9.45. The van der Waals surface area contributed by atoms with Crippen molar-refractivity contribution in [2.24, 2.45) is 0 Å². The zero-order valence-electron chi connectivity index (χ0n) is 13.5. The molecule has 0 radical (unpaired) electrons. The monoisotopic (exact) mass is 337 g/mol. The topological polar surface area (TPSA) is 74.7 Å². The SMILES string of the molecule is CCCC(=O)N(C(=O)Cc1ccccc1)[C@@H](CCSC)C(=O)O. The number of carboxylic acid groups (broad SMARTS) is 1. The Morgan fingerprint density at radius 2 is 1.83 bits per heavy atom. The fourth-order valence-electron chi connectivity index (χ4n) is 2.27. The highest BCUT2D eigenvalue weighted by Gasteiger charge is 2.33. The predicted octanol–water partition coefficient (Wildman–Crippen LogP) is 2.59. The van der Waals surface area contributed by atoms with Gasteiger partial charge < -0.3 is 5.11 Å². The molecule has 0 unspecified atom stereocenters. The van der Waals surface area contributed by atoms with E-state index >= 15 is 0 Å². The molecule has 0 fully saturated rings. The third-order valence-electron chi connectivity index (χ3n) is 3.39. The molecular formula is C17H23NO4S. The summed E-state index contributed by atoms with van der Waals surface area (Å²) in [6, 6.07) is 7.94. The van der Waals surface area contributed by atoms with Crippen molar-refractivity contribution in [1.82, 2.24) is 4.90 Å². The van der Waals surface area contributed by atoms with E-state index in [9.17, 15) is 19.5 Å². The van der Waals surface area contributed by atoms with E-state index in [0.717, 1.165) is 10.5 Å². The van der Waals surface area contributed by atoms with Crippen molar-refractivity contribution in [3.8, 4) is 0 Å². The molecule has 0 saturated carbocycles. The maximum Gasteiger partial charge on any atom is 0.326 e. The third kappa shape index (κ3) is 6.06. The second-order valence-electron chi connectivity index (χ2n) is 5.21. The van der Waals surface area contributed by atoms with Crippen LogP contribution in [0, 0.1) is 0 Å². The van der Waals surface area contributed by atoms with Crippen LogP contribution in [0.3, 0.4) is 0 Å². The molecule has 1 atom stereocenters. The summed E-state index contributed by atoms with van der Waals surface area (Å²) in [4.78, 5) is 37.4. The second-order valence-corrected chi connectivity index (χ2v) is 6.19. The van der Waals surface area contributed by atoms with Crippen LogP contribution in [0.5, 0.6) is 0 Å². The zero-order valence-corrected chi connectivity index (χ0v) is 14.3. The van der Waals surface area contributed by atoms with Crippen LogP contribution in [0.4, 0.5) is 0 Å². The molecule has 0 aliphatic rings. The lowest BCUT2D eigenvalue weighted by Gasteiger charge is -2.27. The lowest BCUT2D eigenvalue weighted by Crippen LogP contribution is -2.49. The largest absolute Gasteiger partial charge is 0.480 e. The molecule has 0 aliphatic heterocycles. The zero-order chi connectivity index (χ0) is 17.2. The number of hydrogen-bond acceptors (Lipinski definition) is 4. The summed E-state index contributed by atoms with van der Waals surface area (Å²) in [5.41, 5.74) is 0.765. The highest BCUT2D eigenvalue weighted by Crippen LogP contribution is 2.14. The minimum Gasteiger partial charge on any atom is -0.480 e. The first kappa shape index (κ1) is 19.2. The van der Waals surface area contributed by atoms with Crippen LogP contribution in [0.2, 0.25) is 0 Å². The van der Waals surface area contributed by atoms with E-state index in [1.54, 1.807) is 12.1 Å². The van der Waals surface area contributed by atoms with E-state index < -0.39 is 23.8 Å². The van der Waals surface area contributed by atoms with Gasteiger partial charge in [0.2, 0.25) is 11.8 Å². The Morgan fingerprint density at radius 1 is 1.17 bits per heavy atom. The fourth-order valence-corrected chi connectivity index (χ4v) is 2.73. The first-order valence-corrected chi connectivity index (χ1v) is 9.01. The Kier molecular flexibility index (Phi) is 8.40. The van der Waals surface area contributed by atoms with Crippen LogP contribution >= 0.6 is 11.8 Å². The maximum absolute atomic E-state index is 12.6. The van der Waals surface area contributed by atoms with E-state index in [1.165, 1.54) is 11.8 Å². The summed E-state index contributed by atoms with van der Waals surface area (Å²) in [5.74, 6) is -1.43. The van der Waals surface area contributed by atoms with Crippen LogP contribution < -0.4 is 0 Å². The van der Waals surface area contributed by atoms with Crippen molar-refractivity contribution < 1.29 is 19.5 Å². The lowest BCUT2D eigenvalue weighted by molar-refractivity contribution is -0.158. The van der Waals surface area contributed by atoms with Crippen molar-refractivity contribution in [3.05, 3.63) is 35.9 Å². The molecule has 23 heavy (non-hydrogen) atoms. The molecule has 1 rings (SSSR count). The summed E-state index contributed by atoms with van der Waals surface area (Å²) in [6.07, 6.45) is 2.89. The fraction of sp³-hybridized carbons (Fsp3) is 0.471. The Labute approximate surface area is 141 Å². The van der Waals surface area contributed by atoms with Gasteiger partial charge in [-0.25, -0.2) is 4.79 Å². The van der Waals surface area contributed by atoms with Gasteiger partial charge in [-0.3, -0.25) is 14.5 Å². The van der Waals surface area contributed by atoms with Gasteiger partial charge in [-0.05, 0) is 30.4 Å². The van der Waals surface area contributed by atoms with E-state index in [2.05, 4.69) is 0 Å². The highest BCUT2D eigenvalue weighted by molar-refractivity contribution is 7.98. The smallest absolute Gasteiger partial charge is 0.326 e. The number of imide groups is 1. The molecule has 0 heterocycles. The number of amides is 2. The van der Waals surface area contributed by atoms with Crippen LogP contribution in [-0.4, -0.2) is 45.8 Å². The number of aliphatic carboxylic acids is 1. The van der Waals surface area contributed by atoms with Gasteiger partial charge in [0.05, 0.1) is 6.42 Å². The molecule has 0 aliphatic carbocycles. The third-order valence-corrected chi connectivity index (χ3v) is 4.04. The predicted molar refractivity (Wildman–Crippen MR) is 91.3 cm³/mol.